The van der Waals surface area contributed by atoms with Crippen molar-refractivity contribution < 1.29 is 18.1 Å². The molecule has 0 atom stereocenters. The predicted molar refractivity (Wildman–Crippen MR) is 104 cm³/mol. The maximum atomic E-state index is 9.19. The second kappa shape index (κ2) is 20.7. The summed E-state index contributed by atoms with van der Waals surface area (Å²) >= 11 is 0. The molecule has 0 bridgehead atoms. The summed E-state index contributed by atoms with van der Waals surface area (Å²) in [5.41, 5.74) is 0. The summed E-state index contributed by atoms with van der Waals surface area (Å²) in [5.74, 6) is 0. The third-order valence-electron chi connectivity index (χ3n) is 3.67. The fraction of sp³-hybridized carbons (Fsp3) is 0.895. The van der Waals surface area contributed by atoms with Crippen molar-refractivity contribution in [3.8, 4) is 0 Å². The lowest BCUT2D eigenvalue weighted by molar-refractivity contribution is 0.282. The second-order valence-electron chi connectivity index (χ2n) is 6.39. The molecule has 0 aliphatic carbocycles. The van der Waals surface area contributed by atoms with Crippen LogP contribution in [0.4, 0.5) is 0 Å². The minimum atomic E-state index is -3.67. The molecule has 0 aromatic rings. The minimum absolute atomic E-state index is 0.362. The van der Waals surface area contributed by atoms with Crippen molar-refractivity contribution in [2.45, 2.75) is 96.8 Å². The number of hydrogen-bond donors (Lipinski definition) is 2. The van der Waals surface area contributed by atoms with Crippen LogP contribution in [0.15, 0.2) is 12.2 Å². The van der Waals surface area contributed by atoms with Gasteiger partial charge in [-0.3, -0.25) is 4.55 Å². The summed E-state index contributed by atoms with van der Waals surface area (Å²) in [5, 5.41) is 8.66. The van der Waals surface area contributed by atoms with Crippen molar-refractivity contribution in [1.29, 1.82) is 0 Å². The zero-order valence-electron chi connectivity index (χ0n) is 15.9. The first-order valence-electron chi connectivity index (χ1n) is 9.60. The molecule has 0 heterocycles. The molecule has 0 radical (unpaired) electrons. The fourth-order valence-corrected chi connectivity index (χ4v) is 2.36. The summed E-state index contributed by atoms with van der Waals surface area (Å²) in [6.45, 7) is 2.64. The molecular formula is C19H40O4S. The summed E-state index contributed by atoms with van der Waals surface area (Å²) < 4.78 is 25.9. The molecule has 0 spiro atoms. The molecule has 0 aromatic carbocycles. The summed E-state index contributed by atoms with van der Waals surface area (Å²) in [7, 11) is -3.67. The topological polar surface area (TPSA) is 74.6 Å². The molecule has 0 aliphatic rings. The van der Waals surface area contributed by atoms with Gasteiger partial charge in [-0.1, -0.05) is 76.9 Å². The van der Waals surface area contributed by atoms with E-state index in [1.165, 1.54) is 83.5 Å². The Kier molecular flexibility index (Phi) is 22.2. The van der Waals surface area contributed by atoms with Crippen molar-refractivity contribution in [3.63, 3.8) is 0 Å². The van der Waals surface area contributed by atoms with Crippen LogP contribution in [0.2, 0.25) is 0 Å². The summed E-state index contributed by atoms with van der Waals surface area (Å²) in [4.78, 5) is 0. The highest BCUT2D eigenvalue weighted by molar-refractivity contribution is 7.85. The van der Waals surface area contributed by atoms with Gasteiger partial charge in [-0.25, -0.2) is 0 Å². The molecule has 4 nitrogen and oxygen atoms in total. The van der Waals surface area contributed by atoms with Crippen LogP contribution in [0.3, 0.4) is 0 Å². The van der Waals surface area contributed by atoms with Gasteiger partial charge in [-0.2, -0.15) is 8.42 Å². The van der Waals surface area contributed by atoms with Crippen LogP contribution in [0.1, 0.15) is 96.8 Å². The molecule has 0 amide bonds. The normalized spacial score (nSPS) is 11.5. The van der Waals surface area contributed by atoms with E-state index in [9.17, 15) is 8.42 Å². The van der Waals surface area contributed by atoms with E-state index in [1.54, 1.807) is 0 Å². The van der Waals surface area contributed by atoms with Crippen LogP contribution in [0, 0.1) is 0 Å². The highest BCUT2D eigenvalue weighted by Crippen LogP contribution is 2.09. The molecule has 2 N–H and O–H groups in total. The van der Waals surface area contributed by atoms with Gasteiger partial charge in [0.05, 0.1) is 6.26 Å². The Morgan fingerprint density at radius 1 is 0.708 bits per heavy atom. The number of rotatable bonds is 15. The molecule has 0 aromatic heterocycles. The quantitative estimate of drug-likeness (QED) is 0.228. The van der Waals surface area contributed by atoms with Crippen molar-refractivity contribution >= 4 is 10.1 Å². The Hall–Kier alpha value is -0.390. The number of allylic oxidation sites excluding steroid dienone is 2. The first kappa shape index (κ1) is 25.8. The van der Waals surface area contributed by atoms with E-state index in [1.807, 2.05) is 0 Å². The van der Waals surface area contributed by atoms with Crippen LogP contribution in [-0.2, 0) is 10.1 Å². The molecule has 0 fully saturated rings. The van der Waals surface area contributed by atoms with Gasteiger partial charge in [0.25, 0.3) is 10.1 Å². The van der Waals surface area contributed by atoms with Gasteiger partial charge in [0, 0.05) is 6.61 Å². The average molecular weight is 365 g/mol. The van der Waals surface area contributed by atoms with E-state index in [0.717, 1.165) is 6.42 Å². The third-order valence-corrected chi connectivity index (χ3v) is 3.67. The van der Waals surface area contributed by atoms with E-state index in [2.05, 4.69) is 19.1 Å². The van der Waals surface area contributed by atoms with Gasteiger partial charge in [0.2, 0.25) is 0 Å². The Labute approximate surface area is 150 Å². The molecule has 0 rings (SSSR count). The lowest BCUT2D eigenvalue weighted by Crippen LogP contribution is -1.88. The number of hydrogen-bond acceptors (Lipinski definition) is 3. The predicted octanol–water partition coefficient (Wildman–Crippen LogP) is 5.52. The SMILES string of the molecule is CCCCCCCCC=CCCCCCCCCO.CS(=O)(=O)O. The van der Waals surface area contributed by atoms with Crippen molar-refractivity contribution in [1.82, 2.24) is 0 Å². The van der Waals surface area contributed by atoms with Gasteiger partial charge in [-0.05, 0) is 32.1 Å². The van der Waals surface area contributed by atoms with Gasteiger partial charge in [0.1, 0.15) is 0 Å². The Balaban J connectivity index is 0. The maximum absolute atomic E-state index is 9.19. The highest BCUT2D eigenvalue weighted by atomic mass is 32.2. The van der Waals surface area contributed by atoms with E-state index < -0.39 is 10.1 Å². The first-order chi connectivity index (χ1) is 11.4. The van der Waals surface area contributed by atoms with E-state index in [4.69, 9.17) is 9.66 Å². The second-order valence-corrected chi connectivity index (χ2v) is 7.86. The first-order valence-corrected chi connectivity index (χ1v) is 11.4. The smallest absolute Gasteiger partial charge is 0.261 e. The van der Waals surface area contributed by atoms with Gasteiger partial charge in [-0.15, -0.1) is 0 Å². The monoisotopic (exact) mass is 364 g/mol. The van der Waals surface area contributed by atoms with Gasteiger partial charge >= 0.3 is 0 Å². The molecular weight excluding hydrogens is 324 g/mol. The summed E-state index contributed by atoms with van der Waals surface area (Å²) in [6, 6.07) is 0. The lowest BCUT2D eigenvalue weighted by atomic mass is 10.1. The lowest BCUT2D eigenvalue weighted by Gasteiger charge is -1.99. The number of aliphatic hydroxyl groups excluding tert-OH is 1. The zero-order chi connectivity index (χ0) is 18.5. The largest absolute Gasteiger partial charge is 0.396 e. The Morgan fingerprint density at radius 2 is 1.04 bits per heavy atom. The molecule has 24 heavy (non-hydrogen) atoms. The van der Waals surface area contributed by atoms with Crippen LogP contribution >= 0.6 is 0 Å². The maximum Gasteiger partial charge on any atom is 0.261 e. The van der Waals surface area contributed by atoms with E-state index >= 15 is 0 Å². The molecule has 0 saturated carbocycles. The van der Waals surface area contributed by atoms with Crippen molar-refractivity contribution in [2.24, 2.45) is 0 Å². The molecule has 5 heteroatoms. The zero-order valence-corrected chi connectivity index (χ0v) is 16.7. The van der Waals surface area contributed by atoms with Crippen LogP contribution in [0.25, 0.3) is 0 Å². The molecule has 0 aliphatic heterocycles. The van der Waals surface area contributed by atoms with Gasteiger partial charge in [0.15, 0.2) is 0 Å². The van der Waals surface area contributed by atoms with Crippen molar-refractivity contribution in [2.75, 3.05) is 12.9 Å². The Bertz CT molecular complexity index is 342. The van der Waals surface area contributed by atoms with Crippen molar-refractivity contribution in [3.05, 3.63) is 12.2 Å². The molecule has 0 unspecified atom stereocenters. The van der Waals surface area contributed by atoms with Crippen LogP contribution in [0.5, 0.6) is 0 Å². The van der Waals surface area contributed by atoms with E-state index in [0.29, 0.717) is 12.9 Å². The fourth-order valence-electron chi connectivity index (χ4n) is 2.36. The molecule has 146 valence electrons. The number of unbranched alkanes of at least 4 members (excludes halogenated alkanes) is 12. The standard InChI is InChI=1S/C18H36O.CH4O3S/c1-2-3-4-5-6-7-8-9-10-11-12-13-14-15-16-17-18-19;1-5(2,3)4/h9-10,19H,2-8,11-18H2,1H3;1H3,(H,2,3,4). The van der Waals surface area contributed by atoms with Crippen LogP contribution < -0.4 is 0 Å². The third kappa shape index (κ3) is 37.7. The highest BCUT2D eigenvalue weighted by Gasteiger charge is 1.90. The molecule has 0 saturated heterocycles. The number of aliphatic hydroxyl groups is 1. The summed E-state index contributed by atoms with van der Waals surface area (Å²) in [6.07, 6.45) is 23.9. The minimum Gasteiger partial charge on any atom is -0.396 e. The van der Waals surface area contributed by atoms with Gasteiger partial charge < -0.3 is 5.11 Å². The average Bonchev–Trinajstić information content (AvgIpc) is 2.49. The Morgan fingerprint density at radius 3 is 1.42 bits per heavy atom. The van der Waals surface area contributed by atoms with E-state index in [-0.39, 0.29) is 0 Å². The van der Waals surface area contributed by atoms with Crippen LogP contribution in [-0.4, -0.2) is 30.9 Å².